The maximum atomic E-state index is 12.9. The SMILES string of the molecule is Cc1nn(C)c(C)c1C(O)=C1C(=O)C(=O)N(CCCN(C)C)C1c1ccco1. The summed E-state index contributed by atoms with van der Waals surface area (Å²) < 4.78 is 7.17. The molecule has 0 saturated carbocycles. The Morgan fingerprint density at radius 1 is 1.32 bits per heavy atom. The van der Waals surface area contributed by atoms with Gasteiger partial charge in [-0.15, -0.1) is 0 Å². The second-order valence-electron chi connectivity index (χ2n) is 7.33. The maximum absolute atomic E-state index is 12.9. The predicted molar refractivity (Wildman–Crippen MR) is 104 cm³/mol. The Balaban J connectivity index is 2.10. The number of nitrogens with zero attached hydrogens (tertiary/aromatic N) is 4. The molecule has 8 heteroatoms. The van der Waals surface area contributed by atoms with Gasteiger partial charge in [-0.2, -0.15) is 5.10 Å². The van der Waals surface area contributed by atoms with E-state index in [2.05, 4.69) is 5.10 Å². The molecule has 28 heavy (non-hydrogen) atoms. The van der Waals surface area contributed by atoms with Crippen molar-refractivity contribution in [1.29, 1.82) is 0 Å². The van der Waals surface area contributed by atoms with Crippen LogP contribution in [0.15, 0.2) is 28.4 Å². The first-order valence-corrected chi connectivity index (χ1v) is 9.21. The molecule has 150 valence electrons. The first-order chi connectivity index (χ1) is 13.2. The first kappa shape index (κ1) is 19.9. The smallest absolute Gasteiger partial charge is 0.295 e. The Morgan fingerprint density at radius 3 is 2.57 bits per heavy atom. The summed E-state index contributed by atoms with van der Waals surface area (Å²) in [6.07, 6.45) is 2.19. The number of carbonyl (C=O) groups excluding carboxylic acids is 2. The lowest BCUT2D eigenvalue weighted by atomic mass is 9.98. The van der Waals surface area contributed by atoms with Crippen LogP contribution in [0.1, 0.15) is 35.2 Å². The Morgan fingerprint density at radius 2 is 2.04 bits per heavy atom. The van der Waals surface area contributed by atoms with Gasteiger partial charge in [-0.05, 0) is 53.0 Å². The topological polar surface area (TPSA) is 91.8 Å². The molecule has 0 bridgehead atoms. The number of amides is 1. The van der Waals surface area contributed by atoms with Gasteiger partial charge in [0.25, 0.3) is 11.7 Å². The van der Waals surface area contributed by atoms with E-state index in [0.29, 0.717) is 35.7 Å². The molecular formula is C20H26N4O4. The average molecular weight is 386 g/mol. The molecule has 0 aliphatic carbocycles. The molecule has 1 saturated heterocycles. The van der Waals surface area contributed by atoms with Crippen molar-refractivity contribution in [2.75, 3.05) is 27.2 Å². The van der Waals surface area contributed by atoms with E-state index >= 15 is 0 Å². The van der Waals surface area contributed by atoms with Crippen molar-refractivity contribution in [2.24, 2.45) is 7.05 Å². The number of ketones is 1. The molecule has 1 unspecified atom stereocenters. The molecule has 1 amide bonds. The highest BCUT2D eigenvalue weighted by molar-refractivity contribution is 6.46. The van der Waals surface area contributed by atoms with Crippen molar-refractivity contribution in [1.82, 2.24) is 19.6 Å². The van der Waals surface area contributed by atoms with Crippen LogP contribution in [0, 0.1) is 13.8 Å². The van der Waals surface area contributed by atoms with E-state index in [0.717, 1.165) is 6.54 Å². The average Bonchev–Trinajstić information content (AvgIpc) is 3.29. The highest BCUT2D eigenvalue weighted by atomic mass is 16.3. The predicted octanol–water partition coefficient (Wildman–Crippen LogP) is 2.00. The summed E-state index contributed by atoms with van der Waals surface area (Å²) in [6, 6.07) is 2.66. The van der Waals surface area contributed by atoms with E-state index < -0.39 is 17.7 Å². The van der Waals surface area contributed by atoms with Crippen molar-refractivity contribution < 1.29 is 19.1 Å². The fraction of sp³-hybridized carbons (Fsp3) is 0.450. The lowest BCUT2D eigenvalue weighted by Crippen LogP contribution is -2.32. The number of rotatable bonds is 6. The largest absolute Gasteiger partial charge is 0.507 e. The second kappa shape index (κ2) is 7.63. The summed E-state index contributed by atoms with van der Waals surface area (Å²) in [5, 5.41) is 15.4. The van der Waals surface area contributed by atoms with Gasteiger partial charge in [0.1, 0.15) is 17.6 Å². The Kier molecular flexibility index (Phi) is 5.42. The molecule has 0 spiro atoms. The molecule has 1 aliphatic heterocycles. The minimum Gasteiger partial charge on any atom is -0.507 e. The molecular weight excluding hydrogens is 360 g/mol. The number of aliphatic hydroxyl groups is 1. The van der Waals surface area contributed by atoms with Gasteiger partial charge < -0.3 is 19.3 Å². The normalized spacial score (nSPS) is 19.2. The number of aromatic nitrogens is 2. The van der Waals surface area contributed by atoms with Crippen molar-refractivity contribution in [3.05, 3.63) is 46.7 Å². The third-order valence-corrected chi connectivity index (χ3v) is 5.10. The zero-order chi connectivity index (χ0) is 20.6. The Bertz CT molecular complexity index is 924. The number of hydrogen-bond acceptors (Lipinski definition) is 6. The third kappa shape index (κ3) is 3.35. The number of Topliss-reactive ketones (excluding diaryl/α,β-unsaturated/α-hetero) is 1. The van der Waals surface area contributed by atoms with Gasteiger partial charge in [-0.3, -0.25) is 14.3 Å². The summed E-state index contributed by atoms with van der Waals surface area (Å²) in [7, 11) is 5.67. The number of carbonyl (C=O) groups is 2. The van der Waals surface area contributed by atoms with E-state index in [1.807, 2.05) is 25.9 Å². The van der Waals surface area contributed by atoms with E-state index in [-0.39, 0.29) is 11.3 Å². The van der Waals surface area contributed by atoms with Crippen LogP contribution in [-0.2, 0) is 16.6 Å². The number of hydrogen-bond donors (Lipinski definition) is 1. The third-order valence-electron chi connectivity index (χ3n) is 5.10. The van der Waals surface area contributed by atoms with Crippen LogP contribution in [0.25, 0.3) is 5.76 Å². The Labute approximate surface area is 164 Å². The summed E-state index contributed by atoms with van der Waals surface area (Å²) >= 11 is 0. The molecule has 1 atom stereocenters. The second-order valence-corrected chi connectivity index (χ2v) is 7.33. The van der Waals surface area contributed by atoms with Gasteiger partial charge in [0.2, 0.25) is 0 Å². The number of furan rings is 1. The van der Waals surface area contributed by atoms with Crippen LogP contribution in [-0.4, -0.2) is 63.6 Å². The monoisotopic (exact) mass is 386 g/mol. The van der Waals surface area contributed by atoms with E-state index in [1.165, 1.54) is 11.2 Å². The van der Waals surface area contributed by atoms with Crippen LogP contribution in [0.3, 0.4) is 0 Å². The summed E-state index contributed by atoms with van der Waals surface area (Å²) in [5.41, 5.74) is 1.83. The minimum absolute atomic E-state index is 0.0454. The lowest BCUT2D eigenvalue weighted by Gasteiger charge is -2.24. The van der Waals surface area contributed by atoms with E-state index in [4.69, 9.17) is 4.42 Å². The molecule has 1 fully saturated rings. The number of likely N-dealkylation sites (tertiary alicyclic amines) is 1. The van der Waals surface area contributed by atoms with Gasteiger partial charge in [-0.1, -0.05) is 0 Å². The molecule has 1 N–H and O–H groups in total. The molecule has 1 aliphatic rings. The van der Waals surface area contributed by atoms with Crippen LogP contribution in [0.4, 0.5) is 0 Å². The van der Waals surface area contributed by atoms with E-state index in [9.17, 15) is 14.7 Å². The molecule has 0 radical (unpaired) electrons. The molecule has 3 rings (SSSR count). The quantitative estimate of drug-likeness (QED) is 0.464. The van der Waals surface area contributed by atoms with Crippen LogP contribution >= 0.6 is 0 Å². The molecule has 8 nitrogen and oxygen atoms in total. The fourth-order valence-corrected chi connectivity index (χ4v) is 3.66. The summed E-state index contributed by atoms with van der Waals surface area (Å²) in [4.78, 5) is 29.1. The highest BCUT2D eigenvalue weighted by Gasteiger charge is 2.47. The van der Waals surface area contributed by atoms with Gasteiger partial charge in [0, 0.05) is 19.3 Å². The number of aliphatic hydroxyl groups excluding tert-OH is 1. The summed E-state index contributed by atoms with van der Waals surface area (Å²) in [5.74, 6) is -1.09. The van der Waals surface area contributed by atoms with Crippen LogP contribution in [0.5, 0.6) is 0 Å². The molecule has 0 aromatic carbocycles. The zero-order valence-corrected chi connectivity index (χ0v) is 16.9. The van der Waals surface area contributed by atoms with Crippen molar-refractivity contribution >= 4 is 17.4 Å². The summed E-state index contributed by atoms with van der Waals surface area (Å²) in [6.45, 7) is 4.73. The lowest BCUT2D eigenvalue weighted by molar-refractivity contribution is -0.140. The van der Waals surface area contributed by atoms with Gasteiger partial charge in [0.15, 0.2) is 0 Å². The highest BCUT2D eigenvalue weighted by Crippen LogP contribution is 2.40. The fourth-order valence-electron chi connectivity index (χ4n) is 3.66. The van der Waals surface area contributed by atoms with Gasteiger partial charge in [-0.25, -0.2) is 0 Å². The maximum Gasteiger partial charge on any atom is 0.295 e. The van der Waals surface area contributed by atoms with Crippen molar-refractivity contribution in [2.45, 2.75) is 26.3 Å². The molecule has 3 heterocycles. The van der Waals surface area contributed by atoms with Gasteiger partial charge in [0.05, 0.1) is 23.1 Å². The number of aryl methyl sites for hydroxylation is 2. The van der Waals surface area contributed by atoms with Crippen LogP contribution in [0.2, 0.25) is 0 Å². The molecule has 2 aromatic rings. The molecule has 2 aromatic heterocycles. The Hall–Kier alpha value is -2.87. The standard InChI is InChI=1S/C20H26N4O4/c1-12-15(13(2)23(5)21-12)18(25)16-17(14-8-6-11-28-14)24(20(27)19(16)26)10-7-9-22(3)4/h6,8,11,17,25H,7,9-10H2,1-5H3. The van der Waals surface area contributed by atoms with Crippen molar-refractivity contribution in [3.8, 4) is 0 Å². The minimum atomic E-state index is -0.754. The van der Waals surface area contributed by atoms with Crippen LogP contribution < -0.4 is 0 Å². The van der Waals surface area contributed by atoms with Gasteiger partial charge >= 0.3 is 0 Å². The zero-order valence-electron chi connectivity index (χ0n) is 16.9. The van der Waals surface area contributed by atoms with E-state index in [1.54, 1.807) is 30.8 Å². The first-order valence-electron chi connectivity index (χ1n) is 9.21. The van der Waals surface area contributed by atoms with Crippen molar-refractivity contribution in [3.63, 3.8) is 0 Å².